The fourth-order valence-electron chi connectivity index (χ4n) is 4.04. The SMILES string of the molecule is OC1(c2cccc3cnccc23)CCCC(C2CC2)C1. The minimum absolute atomic E-state index is 0.633. The summed E-state index contributed by atoms with van der Waals surface area (Å²) >= 11 is 0. The molecule has 2 unspecified atom stereocenters. The van der Waals surface area contributed by atoms with Gasteiger partial charge < -0.3 is 5.11 Å². The van der Waals surface area contributed by atoms with Crippen molar-refractivity contribution >= 4 is 10.8 Å². The number of fused-ring (bicyclic) bond motifs is 1. The van der Waals surface area contributed by atoms with Gasteiger partial charge in [-0.2, -0.15) is 0 Å². The largest absolute Gasteiger partial charge is 0.385 e. The van der Waals surface area contributed by atoms with Crippen LogP contribution in [0.3, 0.4) is 0 Å². The number of hydrogen-bond donors (Lipinski definition) is 1. The lowest BCUT2D eigenvalue weighted by Gasteiger charge is -2.38. The van der Waals surface area contributed by atoms with E-state index in [1.54, 1.807) is 0 Å². The van der Waals surface area contributed by atoms with E-state index in [-0.39, 0.29) is 0 Å². The quantitative estimate of drug-likeness (QED) is 0.891. The Kier molecular flexibility index (Phi) is 2.81. The van der Waals surface area contributed by atoms with E-state index in [4.69, 9.17) is 0 Å². The van der Waals surface area contributed by atoms with Crippen LogP contribution in [-0.4, -0.2) is 10.1 Å². The molecule has 2 aliphatic rings. The first-order valence-electron chi connectivity index (χ1n) is 7.82. The van der Waals surface area contributed by atoms with Crippen LogP contribution in [0.2, 0.25) is 0 Å². The number of aromatic nitrogens is 1. The Balaban J connectivity index is 1.76. The number of benzene rings is 1. The molecular weight excluding hydrogens is 246 g/mol. The summed E-state index contributed by atoms with van der Waals surface area (Å²) in [7, 11) is 0. The summed E-state index contributed by atoms with van der Waals surface area (Å²) in [6.07, 6.45) is 10.8. The molecule has 1 heterocycles. The summed E-state index contributed by atoms with van der Waals surface area (Å²) in [6.45, 7) is 0. The van der Waals surface area contributed by atoms with Gasteiger partial charge in [0.25, 0.3) is 0 Å². The molecule has 0 radical (unpaired) electrons. The van der Waals surface area contributed by atoms with Gasteiger partial charge in [0.2, 0.25) is 0 Å². The van der Waals surface area contributed by atoms with Gasteiger partial charge in [-0.3, -0.25) is 4.98 Å². The summed E-state index contributed by atoms with van der Waals surface area (Å²) in [5, 5.41) is 13.6. The molecule has 1 N–H and O–H groups in total. The van der Waals surface area contributed by atoms with E-state index in [0.29, 0.717) is 0 Å². The van der Waals surface area contributed by atoms with Crippen LogP contribution < -0.4 is 0 Å². The zero-order valence-corrected chi connectivity index (χ0v) is 11.8. The van der Waals surface area contributed by atoms with E-state index in [0.717, 1.165) is 42.0 Å². The van der Waals surface area contributed by atoms with Crippen molar-refractivity contribution in [2.24, 2.45) is 11.8 Å². The molecule has 104 valence electrons. The van der Waals surface area contributed by atoms with Gasteiger partial charge in [0.05, 0.1) is 5.60 Å². The van der Waals surface area contributed by atoms with Gasteiger partial charge in [-0.25, -0.2) is 0 Å². The second-order valence-electron chi connectivity index (χ2n) is 6.63. The third-order valence-electron chi connectivity index (χ3n) is 5.24. The van der Waals surface area contributed by atoms with Crippen molar-refractivity contribution < 1.29 is 5.11 Å². The van der Waals surface area contributed by atoms with Crippen molar-refractivity contribution in [1.82, 2.24) is 4.98 Å². The summed E-state index contributed by atoms with van der Waals surface area (Å²) < 4.78 is 0. The molecule has 4 rings (SSSR count). The number of nitrogens with zero attached hydrogens (tertiary/aromatic N) is 1. The number of aliphatic hydroxyl groups is 1. The minimum atomic E-state index is -0.633. The van der Waals surface area contributed by atoms with Crippen LogP contribution in [0.5, 0.6) is 0 Å². The zero-order chi connectivity index (χ0) is 13.6. The van der Waals surface area contributed by atoms with E-state index in [2.05, 4.69) is 23.2 Å². The van der Waals surface area contributed by atoms with Gasteiger partial charge in [-0.15, -0.1) is 0 Å². The van der Waals surface area contributed by atoms with Crippen LogP contribution >= 0.6 is 0 Å². The fraction of sp³-hybridized carbons (Fsp3) is 0.500. The highest BCUT2D eigenvalue weighted by Gasteiger charge is 2.42. The Morgan fingerprint density at radius 2 is 2.00 bits per heavy atom. The first-order valence-corrected chi connectivity index (χ1v) is 7.82. The summed E-state index contributed by atoms with van der Waals surface area (Å²) in [4.78, 5) is 4.19. The van der Waals surface area contributed by atoms with Crippen LogP contribution in [0.25, 0.3) is 10.8 Å². The average molecular weight is 267 g/mol. The van der Waals surface area contributed by atoms with Gasteiger partial charge in [0.15, 0.2) is 0 Å². The minimum Gasteiger partial charge on any atom is -0.385 e. The van der Waals surface area contributed by atoms with Gasteiger partial charge in [0, 0.05) is 17.8 Å². The Morgan fingerprint density at radius 1 is 1.10 bits per heavy atom. The first kappa shape index (κ1) is 12.3. The van der Waals surface area contributed by atoms with E-state index < -0.39 is 5.60 Å². The molecule has 2 saturated carbocycles. The highest BCUT2D eigenvalue weighted by molar-refractivity contribution is 5.85. The molecule has 20 heavy (non-hydrogen) atoms. The molecule has 2 fully saturated rings. The van der Waals surface area contributed by atoms with Gasteiger partial charge in [0.1, 0.15) is 0 Å². The molecule has 1 aromatic heterocycles. The Labute approximate surface area is 119 Å². The highest BCUT2D eigenvalue weighted by Crippen LogP contribution is 2.50. The predicted octanol–water partition coefficient (Wildman–Crippen LogP) is 4.02. The third-order valence-corrected chi connectivity index (χ3v) is 5.24. The van der Waals surface area contributed by atoms with Crippen LogP contribution in [0, 0.1) is 11.8 Å². The van der Waals surface area contributed by atoms with Crippen molar-refractivity contribution in [2.75, 3.05) is 0 Å². The molecule has 0 bridgehead atoms. The molecule has 2 nitrogen and oxygen atoms in total. The molecule has 2 heteroatoms. The monoisotopic (exact) mass is 267 g/mol. The Bertz CT molecular complexity index is 629. The third kappa shape index (κ3) is 2.03. The standard InChI is InChI=1S/C18H21NO/c20-18(9-2-4-14(11-18)13-6-7-13)17-5-1-3-15-12-19-10-8-16(15)17/h1,3,5,8,10,12-14,20H,2,4,6-7,9,11H2. The first-order chi connectivity index (χ1) is 9.76. The van der Waals surface area contributed by atoms with Crippen molar-refractivity contribution in [2.45, 2.75) is 44.1 Å². The lowest BCUT2D eigenvalue weighted by atomic mass is 9.72. The fourth-order valence-corrected chi connectivity index (χ4v) is 4.04. The molecule has 0 aliphatic heterocycles. The van der Waals surface area contributed by atoms with E-state index in [1.807, 2.05) is 18.5 Å². The molecule has 0 saturated heterocycles. The van der Waals surface area contributed by atoms with Crippen molar-refractivity contribution in [3.05, 3.63) is 42.2 Å². The summed E-state index contributed by atoms with van der Waals surface area (Å²) in [5.74, 6) is 1.62. The summed E-state index contributed by atoms with van der Waals surface area (Å²) in [6, 6.07) is 8.29. The molecule has 2 aliphatic carbocycles. The maximum atomic E-state index is 11.3. The molecular formula is C18H21NO. The van der Waals surface area contributed by atoms with E-state index in [1.165, 1.54) is 24.6 Å². The average Bonchev–Trinajstić information content (AvgIpc) is 3.31. The maximum Gasteiger partial charge on any atom is 0.0905 e. The Hall–Kier alpha value is -1.41. The second-order valence-corrected chi connectivity index (χ2v) is 6.63. The van der Waals surface area contributed by atoms with E-state index in [9.17, 15) is 5.11 Å². The lowest BCUT2D eigenvalue weighted by molar-refractivity contribution is -0.0238. The van der Waals surface area contributed by atoms with Gasteiger partial charge in [-0.05, 0) is 67.4 Å². The number of hydrogen-bond acceptors (Lipinski definition) is 2. The van der Waals surface area contributed by atoms with Crippen molar-refractivity contribution in [3.63, 3.8) is 0 Å². The van der Waals surface area contributed by atoms with Crippen LogP contribution in [0.4, 0.5) is 0 Å². The van der Waals surface area contributed by atoms with Crippen LogP contribution in [0.1, 0.15) is 44.1 Å². The van der Waals surface area contributed by atoms with Gasteiger partial charge in [-0.1, -0.05) is 18.2 Å². The summed E-state index contributed by atoms with van der Waals surface area (Å²) in [5.41, 5.74) is 0.481. The number of rotatable bonds is 2. The van der Waals surface area contributed by atoms with Crippen LogP contribution in [0.15, 0.2) is 36.7 Å². The van der Waals surface area contributed by atoms with Crippen LogP contribution in [-0.2, 0) is 5.60 Å². The lowest BCUT2D eigenvalue weighted by Crippen LogP contribution is -2.33. The molecule has 1 aromatic carbocycles. The normalized spacial score (nSPS) is 30.6. The zero-order valence-electron chi connectivity index (χ0n) is 11.8. The molecule has 0 amide bonds. The Morgan fingerprint density at radius 3 is 2.85 bits per heavy atom. The number of pyridine rings is 1. The highest BCUT2D eigenvalue weighted by atomic mass is 16.3. The molecule has 2 atom stereocenters. The van der Waals surface area contributed by atoms with Gasteiger partial charge >= 0.3 is 0 Å². The maximum absolute atomic E-state index is 11.3. The van der Waals surface area contributed by atoms with Crippen molar-refractivity contribution in [3.8, 4) is 0 Å². The predicted molar refractivity (Wildman–Crippen MR) is 80.3 cm³/mol. The topological polar surface area (TPSA) is 33.1 Å². The smallest absolute Gasteiger partial charge is 0.0905 e. The van der Waals surface area contributed by atoms with E-state index >= 15 is 0 Å². The van der Waals surface area contributed by atoms with Crippen molar-refractivity contribution in [1.29, 1.82) is 0 Å². The molecule has 0 spiro atoms. The molecule has 2 aromatic rings. The second kappa shape index (κ2) is 4.56.